The third-order valence-corrected chi connectivity index (χ3v) is 8.88. The molecule has 0 aliphatic carbocycles. The van der Waals surface area contributed by atoms with Crippen LogP contribution < -0.4 is 11.5 Å². The molecule has 2 fully saturated rings. The summed E-state index contributed by atoms with van der Waals surface area (Å²) in [6.45, 7) is 7.31. The van der Waals surface area contributed by atoms with Crippen LogP contribution in [0, 0.1) is 22.7 Å². The first kappa shape index (κ1) is 34.2. The van der Waals surface area contributed by atoms with Crippen LogP contribution in [-0.4, -0.2) is 105 Å². The summed E-state index contributed by atoms with van der Waals surface area (Å²) < 4.78 is 25.6. The molecule has 19 nitrogen and oxygen atoms in total. The largest absolute Gasteiger partial charge is 0.509 e. The highest BCUT2D eigenvalue weighted by Crippen LogP contribution is 2.44. The van der Waals surface area contributed by atoms with Crippen molar-refractivity contribution in [2.45, 2.75) is 72.9 Å². The Hall–Kier alpha value is -5.67. The van der Waals surface area contributed by atoms with Crippen molar-refractivity contribution in [3.63, 3.8) is 0 Å². The van der Waals surface area contributed by atoms with E-state index in [0.29, 0.717) is 11.0 Å². The molecule has 8 N–H and O–H groups in total. The van der Waals surface area contributed by atoms with Gasteiger partial charge in [-0.3, -0.25) is 0 Å². The number of rotatable bonds is 10. The van der Waals surface area contributed by atoms with Gasteiger partial charge in [0.15, 0.2) is 11.6 Å². The molecule has 0 bridgehead atoms. The van der Waals surface area contributed by atoms with Gasteiger partial charge in [-0.2, -0.15) is 20.7 Å². The Bertz CT molecular complexity index is 1900. The number of aliphatic hydroxyl groups excluding tert-OH is 4. The van der Waals surface area contributed by atoms with Gasteiger partial charge in [-0.25, -0.2) is 23.8 Å². The van der Waals surface area contributed by atoms with Crippen molar-refractivity contribution < 1.29 is 44.2 Å². The van der Waals surface area contributed by atoms with Gasteiger partial charge >= 0.3 is 6.16 Å². The van der Waals surface area contributed by atoms with Crippen LogP contribution in [-0.2, 0) is 30.1 Å². The Morgan fingerprint density at radius 1 is 0.840 bits per heavy atom. The molecule has 4 aromatic heterocycles. The van der Waals surface area contributed by atoms with E-state index >= 15 is 0 Å². The van der Waals surface area contributed by atoms with E-state index in [1.165, 1.54) is 45.4 Å². The molecule has 0 spiro atoms. The van der Waals surface area contributed by atoms with E-state index in [4.69, 9.17) is 30.4 Å². The van der Waals surface area contributed by atoms with Crippen LogP contribution in [0.25, 0.3) is 11.0 Å². The molecule has 6 rings (SSSR count). The molecule has 6 heterocycles. The zero-order valence-corrected chi connectivity index (χ0v) is 26.1. The molecule has 2 aliphatic heterocycles. The van der Waals surface area contributed by atoms with Crippen LogP contribution >= 0.6 is 0 Å². The molecule has 10 atom stereocenters. The SMILES string of the molecule is C=CCC(OC(=O)OC(CC=C)[C@@H]1O[C@@](C#N)(c2ccc3c(N)ncnn23)[C@H](O)[C@@H]1O)[C@@H]1O[C@@](C#N)(c2ccc3c(N)ncnn23)[C@H](O)[C@@H]1O. The molecular weight excluding hydrogens is 656 g/mol. The molecule has 50 heavy (non-hydrogen) atoms. The second-order valence-electron chi connectivity index (χ2n) is 11.7. The number of nitrogens with zero attached hydrogens (tertiary/aromatic N) is 8. The first-order valence-electron chi connectivity index (χ1n) is 15.1. The highest BCUT2D eigenvalue weighted by molar-refractivity contribution is 5.67. The fraction of sp³-hybridized carbons (Fsp3) is 0.387. The number of fused-ring (bicyclic) bond motifs is 2. The number of ether oxygens (including phenoxy) is 4. The van der Waals surface area contributed by atoms with Gasteiger partial charge in [0, 0.05) is 12.8 Å². The topological polar surface area (TPSA) is 295 Å². The van der Waals surface area contributed by atoms with Crippen molar-refractivity contribution in [1.82, 2.24) is 29.2 Å². The second-order valence-corrected chi connectivity index (χ2v) is 11.7. The Balaban J connectivity index is 1.24. The quantitative estimate of drug-likeness (QED) is 0.0891. The van der Waals surface area contributed by atoms with E-state index in [-0.39, 0.29) is 35.9 Å². The molecule has 2 unspecified atom stereocenters. The van der Waals surface area contributed by atoms with Crippen molar-refractivity contribution in [2.24, 2.45) is 0 Å². The first-order chi connectivity index (χ1) is 24.0. The zero-order chi connectivity index (χ0) is 36.0. The molecule has 19 heteroatoms. The van der Waals surface area contributed by atoms with Crippen molar-refractivity contribution in [3.05, 3.63) is 73.6 Å². The van der Waals surface area contributed by atoms with Crippen LogP contribution in [0.3, 0.4) is 0 Å². The summed E-state index contributed by atoms with van der Waals surface area (Å²) in [6.07, 6.45) is -9.55. The fourth-order valence-electron chi connectivity index (χ4n) is 6.43. The maximum atomic E-state index is 13.3. The molecule has 0 radical (unpaired) electrons. The fourth-order valence-corrected chi connectivity index (χ4v) is 6.43. The van der Waals surface area contributed by atoms with Gasteiger partial charge in [0.25, 0.3) is 0 Å². The Morgan fingerprint density at radius 3 is 1.60 bits per heavy atom. The number of carbonyl (C=O) groups is 1. The number of nitriles is 2. The first-order valence-corrected chi connectivity index (χ1v) is 15.1. The minimum absolute atomic E-state index is 0.0287. The average Bonchev–Trinajstić information content (AvgIpc) is 3.86. The van der Waals surface area contributed by atoms with Crippen LogP contribution in [0.2, 0.25) is 0 Å². The molecular formula is C31H32N10O9. The molecule has 2 saturated heterocycles. The minimum Gasteiger partial charge on any atom is -0.428 e. The van der Waals surface area contributed by atoms with E-state index in [1.807, 2.05) is 12.1 Å². The van der Waals surface area contributed by atoms with E-state index in [1.54, 1.807) is 0 Å². The summed E-state index contributed by atoms with van der Waals surface area (Å²) in [5, 5.41) is 73.3. The van der Waals surface area contributed by atoms with Crippen LogP contribution in [0.15, 0.2) is 62.2 Å². The maximum Gasteiger partial charge on any atom is 0.509 e. The summed E-state index contributed by atoms with van der Waals surface area (Å²) in [6, 6.07) is 9.70. The highest BCUT2D eigenvalue weighted by atomic mass is 16.7. The van der Waals surface area contributed by atoms with Gasteiger partial charge in [-0.1, -0.05) is 12.2 Å². The number of anilines is 2. The van der Waals surface area contributed by atoms with E-state index in [2.05, 4.69) is 33.3 Å². The van der Waals surface area contributed by atoms with E-state index in [9.17, 15) is 35.7 Å². The predicted molar refractivity (Wildman–Crippen MR) is 168 cm³/mol. The van der Waals surface area contributed by atoms with Crippen molar-refractivity contribution in [3.8, 4) is 12.1 Å². The second kappa shape index (κ2) is 13.0. The molecule has 0 aromatic carbocycles. The number of hydrogen-bond donors (Lipinski definition) is 6. The minimum atomic E-state index is -2.19. The van der Waals surface area contributed by atoms with Crippen molar-refractivity contribution >= 4 is 28.8 Å². The number of nitrogen functional groups attached to an aromatic ring is 2. The Kier molecular flexibility index (Phi) is 8.88. The summed E-state index contributed by atoms with van der Waals surface area (Å²) in [4.78, 5) is 21.1. The Morgan fingerprint density at radius 2 is 1.24 bits per heavy atom. The van der Waals surface area contributed by atoms with Crippen LogP contribution in [0.1, 0.15) is 24.2 Å². The smallest absolute Gasteiger partial charge is 0.428 e. The molecule has 4 aromatic rings. The van der Waals surface area contributed by atoms with Gasteiger partial charge in [-0.15, -0.1) is 13.2 Å². The zero-order valence-electron chi connectivity index (χ0n) is 26.1. The number of carbonyl (C=O) groups excluding carboxylic acids is 1. The van der Waals surface area contributed by atoms with Crippen molar-refractivity contribution in [1.29, 1.82) is 10.5 Å². The lowest BCUT2D eigenvalue weighted by atomic mass is 9.91. The number of aliphatic hydroxyl groups is 4. The van der Waals surface area contributed by atoms with Gasteiger partial charge in [-0.05, 0) is 24.3 Å². The lowest BCUT2D eigenvalue weighted by Crippen LogP contribution is -2.44. The predicted octanol–water partition coefficient (Wildman–Crippen LogP) is -0.642. The monoisotopic (exact) mass is 688 g/mol. The lowest BCUT2D eigenvalue weighted by molar-refractivity contribution is -0.126. The normalized spacial score (nSPS) is 30.4. The van der Waals surface area contributed by atoms with Crippen LogP contribution in [0.4, 0.5) is 16.4 Å². The number of hydrogen-bond acceptors (Lipinski definition) is 17. The highest BCUT2D eigenvalue weighted by Gasteiger charge is 2.61. The summed E-state index contributed by atoms with van der Waals surface area (Å²) >= 11 is 0. The van der Waals surface area contributed by atoms with E-state index < -0.39 is 66.2 Å². The molecule has 2 aliphatic rings. The van der Waals surface area contributed by atoms with Crippen molar-refractivity contribution in [2.75, 3.05) is 11.5 Å². The Labute approximate surface area is 282 Å². The third kappa shape index (κ3) is 5.16. The standard InChI is InChI=1S/C31H32N10O9/c1-3-5-17(23-21(42)25(44)30(11-32,49-23)19-9-7-15-27(34)36-13-38-40(15)19)47-29(46)48-18(6-4-2)24-22(43)26(45)31(12-33,50-24)20-10-8-16-28(35)37-14-39-41(16)20/h3-4,7-10,13-14,17-18,21-26,42-45H,1-2,5-6H2,(H2,34,36,38)(H2,35,37,39)/t17?,18?,21-,22-,23+,24+,25-,26-,30+,31+/m1/s1. The average molecular weight is 689 g/mol. The maximum absolute atomic E-state index is 13.3. The summed E-state index contributed by atoms with van der Waals surface area (Å²) in [5.41, 5.74) is 8.15. The van der Waals surface area contributed by atoms with Gasteiger partial charge < -0.3 is 50.8 Å². The van der Waals surface area contributed by atoms with E-state index in [0.717, 1.165) is 12.7 Å². The molecule has 260 valence electrons. The van der Waals surface area contributed by atoms with Crippen LogP contribution in [0.5, 0.6) is 0 Å². The molecule has 0 amide bonds. The number of aromatic nitrogens is 6. The summed E-state index contributed by atoms with van der Waals surface area (Å²) in [5.74, 6) is 0.176. The number of nitrogens with two attached hydrogens (primary N) is 2. The van der Waals surface area contributed by atoms with Gasteiger partial charge in [0.1, 0.15) is 84.7 Å². The van der Waals surface area contributed by atoms with Gasteiger partial charge in [0.2, 0.25) is 11.2 Å². The molecule has 0 saturated carbocycles. The summed E-state index contributed by atoms with van der Waals surface area (Å²) in [7, 11) is 0. The lowest BCUT2D eigenvalue weighted by Gasteiger charge is -2.28. The van der Waals surface area contributed by atoms with Gasteiger partial charge in [0.05, 0.1) is 11.4 Å². The third-order valence-electron chi connectivity index (χ3n) is 8.88.